The zero-order chi connectivity index (χ0) is 26.4. The molecule has 0 saturated carbocycles. The van der Waals surface area contributed by atoms with Crippen LogP contribution in [0.3, 0.4) is 0 Å². The van der Waals surface area contributed by atoms with Gasteiger partial charge in [0, 0.05) is 30.6 Å². The number of urea groups is 1. The van der Waals surface area contributed by atoms with Crippen LogP contribution in [0.5, 0.6) is 0 Å². The molecule has 2 N–H and O–H groups in total. The number of amides is 3. The predicted octanol–water partition coefficient (Wildman–Crippen LogP) is 4.44. The minimum absolute atomic E-state index is 0.00296. The van der Waals surface area contributed by atoms with Crippen molar-refractivity contribution in [3.63, 3.8) is 0 Å². The van der Waals surface area contributed by atoms with Gasteiger partial charge in [0.2, 0.25) is 0 Å². The number of para-hydroxylation sites is 1. The number of aromatic amines is 1. The number of nitrogens with zero attached hydrogens (tertiary/aromatic N) is 4. The summed E-state index contributed by atoms with van der Waals surface area (Å²) in [6.45, 7) is 6.71. The van der Waals surface area contributed by atoms with Gasteiger partial charge in [-0.15, -0.1) is 0 Å². The first-order chi connectivity index (χ1) is 18.3. The summed E-state index contributed by atoms with van der Waals surface area (Å²) in [5, 5.41) is 11.2. The summed E-state index contributed by atoms with van der Waals surface area (Å²) in [6.07, 6.45) is 0.802. The first-order valence-electron chi connectivity index (χ1n) is 13.0. The predicted molar refractivity (Wildman–Crippen MR) is 145 cm³/mol. The number of H-pyrrole nitrogens is 1. The third-order valence-electron chi connectivity index (χ3n) is 7.83. The Bertz CT molecular complexity index is 1460. The fourth-order valence-electron chi connectivity index (χ4n) is 5.67. The van der Waals surface area contributed by atoms with E-state index >= 15 is 0 Å². The van der Waals surface area contributed by atoms with E-state index in [0.29, 0.717) is 24.5 Å². The maximum atomic E-state index is 14.0. The number of carbonyl (C=O) groups is 2. The monoisotopic (exact) mass is 512 g/mol. The van der Waals surface area contributed by atoms with Gasteiger partial charge >= 0.3 is 6.03 Å². The number of fused-ring (bicyclic) bond motifs is 2. The van der Waals surface area contributed by atoms with Gasteiger partial charge in [-0.2, -0.15) is 5.10 Å². The van der Waals surface area contributed by atoms with Crippen LogP contribution < -0.4 is 5.32 Å². The number of nitrogens with one attached hydrogen (secondary N) is 2. The Morgan fingerprint density at radius 2 is 1.87 bits per heavy atom. The number of carbonyl (C=O) groups excluding carboxylic acids is 2. The minimum Gasteiger partial charge on any atom is -0.451 e. The summed E-state index contributed by atoms with van der Waals surface area (Å²) >= 11 is 0. The number of piperazine rings is 1. The van der Waals surface area contributed by atoms with Gasteiger partial charge in [0.25, 0.3) is 5.91 Å². The third-order valence-corrected chi connectivity index (χ3v) is 7.83. The highest BCUT2D eigenvalue weighted by atomic mass is 16.3. The topological polar surface area (TPSA) is 97.7 Å². The molecule has 9 nitrogen and oxygen atoms in total. The van der Waals surface area contributed by atoms with Gasteiger partial charge in [-0.25, -0.2) is 4.79 Å². The van der Waals surface area contributed by atoms with E-state index in [1.165, 1.54) is 5.56 Å². The number of benzene rings is 2. The Hall–Kier alpha value is -4.11. The van der Waals surface area contributed by atoms with Crippen LogP contribution in [-0.4, -0.2) is 69.6 Å². The van der Waals surface area contributed by atoms with Crippen molar-refractivity contribution in [1.82, 2.24) is 24.9 Å². The van der Waals surface area contributed by atoms with E-state index in [-0.39, 0.29) is 23.7 Å². The second-order valence-corrected chi connectivity index (χ2v) is 10.8. The van der Waals surface area contributed by atoms with Crippen molar-refractivity contribution >= 4 is 28.7 Å². The van der Waals surface area contributed by atoms with Gasteiger partial charge < -0.3 is 24.4 Å². The molecule has 4 aromatic rings. The fourth-order valence-corrected chi connectivity index (χ4v) is 5.67. The Morgan fingerprint density at radius 1 is 1.11 bits per heavy atom. The molecule has 0 bridgehead atoms. The lowest BCUT2D eigenvalue weighted by atomic mass is 10.00. The summed E-state index contributed by atoms with van der Waals surface area (Å²) < 4.78 is 5.72. The fraction of sp³-hybridized carbons (Fsp3) is 0.345. The molecule has 3 amide bonds. The quantitative estimate of drug-likeness (QED) is 0.421. The van der Waals surface area contributed by atoms with Crippen molar-refractivity contribution in [2.75, 3.05) is 32.0 Å². The SMILES string of the molecule is CN1CCN(C(=O)N2Cc3c(NC(=O)c4cc5ccccc5o4)n[nH]c3C2(C)C)[C@@H](Cc2ccccc2)C1. The van der Waals surface area contributed by atoms with Crippen LogP contribution >= 0.6 is 0 Å². The second-order valence-electron chi connectivity index (χ2n) is 10.8. The van der Waals surface area contributed by atoms with Crippen LogP contribution in [0.15, 0.2) is 65.1 Å². The average molecular weight is 513 g/mol. The summed E-state index contributed by atoms with van der Waals surface area (Å²) in [4.78, 5) is 33.2. The average Bonchev–Trinajstić information content (AvgIpc) is 3.58. The van der Waals surface area contributed by atoms with E-state index in [2.05, 4.69) is 39.6 Å². The van der Waals surface area contributed by atoms with Crippen LogP contribution in [-0.2, 0) is 18.5 Å². The first kappa shape index (κ1) is 24.2. The van der Waals surface area contributed by atoms with E-state index in [9.17, 15) is 9.59 Å². The molecular weight excluding hydrogens is 480 g/mol. The maximum Gasteiger partial charge on any atom is 0.321 e. The molecule has 196 valence electrons. The molecule has 2 aromatic heterocycles. The number of hydrogen-bond donors (Lipinski definition) is 2. The van der Waals surface area contributed by atoms with Crippen LogP contribution in [0.2, 0.25) is 0 Å². The van der Waals surface area contributed by atoms with Gasteiger partial charge in [-0.05, 0) is 45.0 Å². The van der Waals surface area contributed by atoms with Gasteiger partial charge in [-0.1, -0.05) is 48.5 Å². The summed E-state index contributed by atoms with van der Waals surface area (Å²) in [6, 6.07) is 19.6. The van der Waals surface area contributed by atoms with Gasteiger partial charge in [0.15, 0.2) is 11.6 Å². The minimum atomic E-state index is -0.609. The Kier molecular flexibility index (Phi) is 5.95. The molecular formula is C29H32N6O3. The largest absolute Gasteiger partial charge is 0.451 e. The van der Waals surface area contributed by atoms with E-state index in [0.717, 1.165) is 36.2 Å². The normalized spacial score (nSPS) is 19.1. The van der Waals surface area contributed by atoms with E-state index in [4.69, 9.17) is 4.42 Å². The van der Waals surface area contributed by atoms with Gasteiger partial charge in [0.1, 0.15) is 5.58 Å². The molecule has 2 aliphatic rings. The third kappa shape index (κ3) is 4.22. The number of hydrogen-bond acceptors (Lipinski definition) is 5. The van der Waals surface area contributed by atoms with E-state index < -0.39 is 5.54 Å². The standard InChI is InChI=1S/C29H32N6O3/c1-29(2)25-22(26(32-31-25)30-27(36)24-16-20-11-7-8-12-23(20)38-24)18-35(29)28(37)34-14-13-33(3)17-21(34)15-19-9-5-4-6-10-19/h4-12,16,21H,13-15,17-18H2,1-3H3,(H2,30,31,32,36)/t21-/m0/s1. The zero-order valence-corrected chi connectivity index (χ0v) is 21.9. The highest BCUT2D eigenvalue weighted by Gasteiger charge is 2.46. The number of likely N-dealkylation sites (N-methyl/N-ethyl adjacent to an activating group) is 1. The van der Waals surface area contributed by atoms with Crippen molar-refractivity contribution in [2.45, 2.75) is 38.4 Å². The molecule has 0 spiro atoms. The van der Waals surface area contributed by atoms with Crippen LogP contribution in [0.1, 0.15) is 41.2 Å². The molecule has 2 aliphatic heterocycles. The lowest BCUT2D eigenvalue weighted by Crippen LogP contribution is -2.59. The Labute approximate surface area is 221 Å². The number of furan rings is 1. The summed E-state index contributed by atoms with van der Waals surface area (Å²) in [5.74, 6) is 0.266. The molecule has 1 atom stereocenters. The highest BCUT2D eigenvalue weighted by molar-refractivity contribution is 6.04. The Morgan fingerprint density at radius 3 is 2.66 bits per heavy atom. The van der Waals surface area contributed by atoms with Gasteiger partial charge in [0.05, 0.1) is 23.8 Å². The molecule has 2 aromatic carbocycles. The van der Waals surface area contributed by atoms with Crippen molar-refractivity contribution in [3.05, 3.63) is 83.2 Å². The molecule has 38 heavy (non-hydrogen) atoms. The molecule has 9 heteroatoms. The van der Waals surface area contributed by atoms with Crippen LogP contribution in [0.25, 0.3) is 11.0 Å². The summed E-state index contributed by atoms with van der Waals surface area (Å²) in [7, 11) is 2.10. The van der Waals surface area contributed by atoms with E-state index in [1.54, 1.807) is 6.07 Å². The molecule has 0 aliphatic carbocycles. The first-order valence-corrected chi connectivity index (χ1v) is 13.0. The van der Waals surface area contributed by atoms with Crippen molar-refractivity contribution < 1.29 is 14.0 Å². The lowest BCUT2D eigenvalue weighted by Gasteiger charge is -2.44. The molecule has 4 heterocycles. The number of anilines is 1. The Balaban J connectivity index is 1.22. The smallest absolute Gasteiger partial charge is 0.321 e. The zero-order valence-electron chi connectivity index (χ0n) is 21.9. The molecule has 0 unspecified atom stereocenters. The molecule has 0 radical (unpaired) electrons. The van der Waals surface area contributed by atoms with Crippen molar-refractivity contribution in [2.24, 2.45) is 0 Å². The molecule has 6 rings (SSSR count). The number of aromatic nitrogens is 2. The van der Waals surface area contributed by atoms with Crippen LogP contribution in [0, 0.1) is 0 Å². The molecule has 1 fully saturated rings. The number of rotatable bonds is 4. The summed E-state index contributed by atoms with van der Waals surface area (Å²) in [5.41, 5.74) is 2.92. The lowest BCUT2D eigenvalue weighted by molar-refractivity contribution is 0.0611. The van der Waals surface area contributed by atoms with Crippen molar-refractivity contribution in [3.8, 4) is 0 Å². The maximum absolute atomic E-state index is 14.0. The van der Waals surface area contributed by atoms with E-state index in [1.807, 2.05) is 66.1 Å². The van der Waals surface area contributed by atoms with Gasteiger partial charge in [-0.3, -0.25) is 9.89 Å². The molecule has 1 saturated heterocycles. The van der Waals surface area contributed by atoms with Crippen LogP contribution in [0.4, 0.5) is 10.6 Å². The van der Waals surface area contributed by atoms with Crippen molar-refractivity contribution in [1.29, 1.82) is 0 Å². The second kappa shape index (κ2) is 9.33. The highest BCUT2D eigenvalue weighted by Crippen LogP contribution is 2.41.